The maximum absolute atomic E-state index is 14.5. The quantitative estimate of drug-likeness (QED) is 0.694. The summed E-state index contributed by atoms with van der Waals surface area (Å²) >= 11 is 1.17. The Morgan fingerprint density at radius 3 is 2.54 bits per heavy atom. The Hall–Kier alpha value is -2.16. The first-order valence-corrected chi connectivity index (χ1v) is 10.2. The van der Waals surface area contributed by atoms with Crippen LogP contribution in [0.4, 0.5) is 4.39 Å². The van der Waals surface area contributed by atoms with E-state index in [2.05, 4.69) is 5.32 Å². The molecule has 2 aromatic heterocycles. The number of thiophene rings is 1. The third kappa shape index (κ3) is 3.15. The molecule has 26 heavy (non-hydrogen) atoms. The molecule has 8 heteroatoms. The number of methoxy groups -OCH3 is 1. The SMILES string of the molecule is CNCc1cn(S(=O)(=O)c2ccc(C)s2)c(-c2ccccc2F)c1OC. The predicted molar refractivity (Wildman–Crippen MR) is 101 cm³/mol. The molecule has 2 heterocycles. The van der Waals surface area contributed by atoms with Crippen LogP contribution in [0.5, 0.6) is 5.75 Å². The van der Waals surface area contributed by atoms with E-state index in [9.17, 15) is 12.8 Å². The fourth-order valence-corrected chi connectivity index (χ4v) is 5.56. The van der Waals surface area contributed by atoms with Crippen molar-refractivity contribution in [2.45, 2.75) is 17.7 Å². The first-order valence-electron chi connectivity index (χ1n) is 7.90. The van der Waals surface area contributed by atoms with Gasteiger partial charge in [-0.15, -0.1) is 11.3 Å². The maximum Gasteiger partial charge on any atom is 0.277 e. The van der Waals surface area contributed by atoms with E-state index in [1.807, 2.05) is 6.92 Å². The monoisotopic (exact) mass is 394 g/mol. The standard InChI is InChI=1S/C18H19FN2O3S2/c1-12-8-9-16(25-12)26(22,23)21-11-13(10-20-2)18(24-3)17(21)14-6-4-5-7-15(14)19/h4-9,11,20H,10H2,1-3H3. The van der Waals surface area contributed by atoms with Crippen molar-refractivity contribution in [1.29, 1.82) is 0 Å². The summed E-state index contributed by atoms with van der Waals surface area (Å²) in [6.45, 7) is 2.22. The number of aryl methyl sites for hydroxylation is 1. The Morgan fingerprint density at radius 1 is 1.23 bits per heavy atom. The number of nitrogens with one attached hydrogen (secondary N) is 1. The molecule has 0 aliphatic carbocycles. The van der Waals surface area contributed by atoms with E-state index in [-0.39, 0.29) is 15.5 Å². The number of aromatic nitrogens is 1. The van der Waals surface area contributed by atoms with Gasteiger partial charge in [-0.25, -0.2) is 8.36 Å². The molecule has 0 spiro atoms. The Balaban J connectivity index is 2.33. The van der Waals surface area contributed by atoms with Crippen molar-refractivity contribution >= 4 is 21.4 Å². The highest BCUT2D eigenvalue weighted by molar-refractivity contribution is 7.92. The number of ether oxygens (including phenoxy) is 1. The fraction of sp³-hybridized carbons (Fsp3) is 0.222. The van der Waals surface area contributed by atoms with E-state index in [0.29, 0.717) is 17.9 Å². The smallest absolute Gasteiger partial charge is 0.277 e. The van der Waals surface area contributed by atoms with Crippen molar-refractivity contribution in [2.24, 2.45) is 0 Å². The van der Waals surface area contributed by atoms with Crippen molar-refractivity contribution in [1.82, 2.24) is 9.29 Å². The van der Waals surface area contributed by atoms with Gasteiger partial charge in [0, 0.05) is 28.7 Å². The maximum atomic E-state index is 14.5. The van der Waals surface area contributed by atoms with Crippen LogP contribution < -0.4 is 10.1 Å². The number of rotatable bonds is 6. The lowest BCUT2D eigenvalue weighted by Crippen LogP contribution is -2.12. The zero-order chi connectivity index (χ0) is 18.9. The molecule has 0 aliphatic rings. The lowest BCUT2D eigenvalue weighted by Gasteiger charge is -2.12. The van der Waals surface area contributed by atoms with E-state index in [4.69, 9.17) is 4.74 Å². The van der Waals surface area contributed by atoms with E-state index in [1.54, 1.807) is 37.4 Å². The lowest BCUT2D eigenvalue weighted by atomic mass is 10.1. The van der Waals surface area contributed by atoms with Gasteiger partial charge in [0.15, 0.2) is 0 Å². The first-order chi connectivity index (χ1) is 12.4. The van der Waals surface area contributed by atoms with Gasteiger partial charge in [0.25, 0.3) is 10.0 Å². The Labute approximate surface area is 156 Å². The predicted octanol–water partition coefficient (Wildman–Crippen LogP) is 3.63. The lowest BCUT2D eigenvalue weighted by molar-refractivity contribution is 0.411. The zero-order valence-corrected chi connectivity index (χ0v) is 16.2. The molecule has 1 aromatic carbocycles. The molecule has 0 saturated carbocycles. The summed E-state index contributed by atoms with van der Waals surface area (Å²) in [6.07, 6.45) is 1.49. The zero-order valence-electron chi connectivity index (χ0n) is 14.6. The molecule has 0 aliphatic heterocycles. The van der Waals surface area contributed by atoms with Gasteiger partial charge >= 0.3 is 0 Å². The molecule has 0 radical (unpaired) electrons. The topological polar surface area (TPSA) is 60.3 Å². The summed E-state index contributed by atoms with van der Waals surface area (Å²) in [5, 5.41) is 2.98. The molecule has 3 aromatic rings. The molecule has 0 unspecified atom stereocenters. The van der Waals surface area contributed by atoms with Gasteiger partial charge < -0.3 is 10.1 Å². The molecule has 0 saturated heterocycles. The second-order valence-electron chi connectivity index (χ2n) is 5.71. The number of nitrogens with zero attached hydrogens (tertiary/aromatic N) is 1. The van der Waals surface area contributed by atoms with Crippen molar-refractivity contribution in [3.63, 3.8) is 0 Å². The molecule has 5 nitrogen and oxygen atoms in total. The second kappa shape index (κ2) is 7.22. The Kier molecular flexibility index (Phi) is 5.17. The van der Waals surface area contributed by atoms with Crippen molar-refractivity contribution in [3.8, 4) is 17.0 Å². The van der Waals surface area contributed by atoms with Crippen LogP contribution in [0, 0.1) is 12.7 Å². The van der Waals surface area contributed by atoms with Crippen molar-refractivity contribution in [2.75, 3.05) is 14.2 Å². The van der Waals surface area contributed by atoms with Crippen LogP contribution in [0.25, 0.3) is 11.3 Å². The van der Waals surface area contributed by atoms with Crippen molar-refractivity contribution in [3.05, 3.63) is 58.9 Å². The molecule has 0 amide bonds. The van der Waals surface area contributed by atoms with E-state index < -0.39 is 15.8 Å². The van der Waals surface area contributed by atoms with Gasteiger partial charge in [-0.3, -0.25) is 0 Å². The van der Waals surface area contributed by atoms with Gasteiger partial charge in [0.1, 0.15) is 21.5 Å². The number of halogens is 1. The molecule has 1 N–H and O–H groups in total. The van der Waals surface area contributed by atoms with E-state index in [1.165, 1.54) is 30.7 Å². The first kappa shape index (κ1) is 18.6. The summed E-state index contributed by atoms with van der Waals surface area (Å²) < 4.78 is 47.7. The number of hydrogen-bond acceptors (Lipinski definition) is 5. The molecule has 0 atom stereocenters. The second-order valence-corrected chi connectivity index (χ2v) is 9.04. The minimum absolute atomic E-state index is 0.170. The molecule has 3 rings (SSSR count). The van der Waals surface area contributed by atoms with Gasteiger partial charge in [0.05, 0.1) is 7.11 Å². The van der Waals surface area contributed by atoms with Crippen LogP contribution in [-0.2, 0) is 16.6 Å². The van der Waals surface area contributed by atoms with Crippen LogP contribution in [-0.4, -0.2) is 26.5 Å². The summed E-state index contributed by atoms with van der Waals surface area (Å²) in [5.74, 6) is -0.181. The average Bonchev–Trinajstić information content (AvgIpc) is 3.20. The van der Waals surface area contributed by atoms with Crippen LogP contribution in [0.15, 0.2) is 46.8 Å². The van der Waals surface area contributed by atoms with Gasteiger partial charge in [0.2, 0.25) is 0 Å². The van der Waals surface area contributed by atoms with Crippen LogP contribution >= 0.6 is 11.3 Å². The van der Waals surface area contributed by atoms with Gasteiger partial charge in [-0.1, -0.05) is 12.1 Å². The third-order valence-electron chi connectivity index (χ3n) is 3.93. The average molecular weight is 394 g/mol. The molecule has 0 bridgehead atoms. The van der Waals surface area contributed by atoms with Crippen LogP contribution in [0.2, 0.25) is 0 Å². The number of hydrogen-bond donors (Lipinski definition) is 1. The largest absolute Gasteiger partial charge is 0.494 e. The minimum Gasteiger partial charge on any atom is -0.494 e. The summed E-state index contributed by atoms with van der Waals surface area (Å²) in [7, 11) is -0.687. The normalized spacial score (nSPS) is 11.7. The number of benzene rings is 1. The summed E-state index contributed by atoms with van der Waals surface area (Å²) in [4.78, 5) is 0.880. The highest BCUT2D eigenvalue weighted by atomic mass is 32.2. The van der Waals surface area contributed by atoms with Crippen LogP contribution in [0.3, 0.4) is 0 Å². The highest BCUT2D eigenvalue weighted by Crippen LogP contribution is 2.39. The highest BCUT2D eigenvalue weighted by Gasteiger charge is 2.29. The van der Waals surface area contributed by atoms with Gasteiger partial charge in [-0.2, -0.15) is 8.42 Å². The minimum atomic E-state index is -3.88. The molecular formula is C18H19FN2O3S2. The van der Waals surface area contributed by atoms with E-state index in [0.717, 1.165) is 8.85 Å². The molecule has 138 valence electrons. The fourth-order valence-electron chi connectivity index (χ4n) is 2.79. The van der Waals surface area contributed by atoms with Gasteiger partial charge in [-0.05, 0) is 38.2 Å². The summed E-state index contributed by atoms with van der Waals surface area (Å²) in [5.41, 5.74) is 0.982. The Morgan fingerprint density at radius 2 is 1.96 bits per heavy atom. The van der Waals surface area contributed by atoms with Crippen LogP contribution in [0.1, 0.15) is 10.4 Å². The van der Waals surface area contributed by atoms with Crippen molar-refractivity contribution < 1.29 is 17.5 Å². The van der Waals surface area contributed by atoms with E-state index >= 15 is 0 Å². The molecular weight excluding hydrogens is 375 g/mol. The molecule has 0 fully saturated rings. The summed E-state index contributed by atoms with van der Waals surface area (Å²) in [6, 6.07) is 9.37. The third-order valence-corrected chi connectivity index (χ3v) is 7.06. The Bertz CT molecular complexity index is 1040.